The van der Waals surface area contributed by atoms with E-state index >= 15 is 0 Å². The Balaban J connectivity index is 1.72. The summed E-state index contributed by atoms with van der Waals surface area (Å²) in [5, 5.41) is 6.02. The molecule has 4 nitrogen and oxygen atoms in total. The summed E-state index contributed by atoms with van der Waals surface area (Å²) in [6.45, 7) is 3.17. The summed E-state index contributed by atoms with van der Waals surface area (Å²) in [6, 6.07) is 5.68. The first kappa shape index (κ1) is 15.8. The van der Waals surface area contributed by atoms with E-state index < -0.39 is 0 Å². The lowest BCUT2D eigenvalue weighted by Crippen LogP contribution is -2.29. The lowest BCUT2D eigenvalue weighted by atomic mass is 9.98. The van der Waals surface area contributed by atoms with Crippen molar-refractivity contribution in [1.82, 2.24) is 5.32 Å². The van der Waals surface area contributed by atoms with E-state index in [-0.39, 0.29) is 5.91 Å². The van der Waals surface area contributed by atoms with Crippen molar-refractivity contribution in [3.63, 3.8) is 0 Å². The van der Waals surface area contributed by atoms with Crippen LogP contribution in [0, 0.1) is 6.92 Å². The maximum absolute atomic E-state index is 12.1. The minimum Gasteiger partial charge on any atom is -0.388 e. The fourth-order valence-electron chi connectivity index (χ4n) is 2.81. The van der Waals surface area contributed by atoms with Gasteiger partial charge in [0, 0.05) is 24.8 Å². The largest absolute Gasteiger partial charge is 0.388 e. The Bertz CT molecular complexity index is 468. The summed E-state index contributed by atoms with van der Waals surface area (Å²) in [5.41, 5.74) is 2.82. The third-order valence-corrected chi connectivity index (χ3v) is 4.05. The van der Waals surface area contributed by atoms with Crippen LogP contribution in [0.15, 0.2) is 18.2 Å². The zero-order valence-corrected chi connectivity index (χ0v) is 13.1. The smallest absolute Gasteiger partial charge is 0.251 e. The zero-order chi connectivity index (χ0) is 15.1. The monoisotopic (exact) mass is 290 g/mol. The number of benzene rings is 1. The topological polar surface area (TPSA) is 50.4 Å². The molecule has 116 valence electrons. The first-order chi connectivity index (χ1) is 10.2. The van der Waals surface area contributed by atoms with E-state index in [2.05, 4.69) is 10.6 Å². The third-order valence-electron chi connectivity index (χ3n) is 4.05. The second kappa shape index (κ2) is 8.03. The Morgan fingerprint density at radius 1 is 1.29 bits per heavy atom. The number of aryl methyl sites for hydroxylation is 1. The highest BCUT2D eigenvalue weighted by atomic mass is 16.5. The molecular formula is C17H26N2O2. The quantitative estimate of drug-likeness (QED) is 0.791. The van der Waals surface area contributed by atoms with E-state index in [0.717, 1.165) is 11.3 Å². The molecule has 0 saturated heterocycles. The van der Waals surface area contributed by atoms with E-state index in [0.29, 0.717) is 24.8 Å². The van der Waals surface area contributed by atoms with Gasteiger partial charge in [-0.15, -0.1) is 0 Å². The van der Waals surface area contributed by atoms with E-state index in [1.54, 1.807) is 0 Å². The van der Waals surface area contributed by atoms with Crippen LogP contribution < -0.4 is 10.6 Å². The molecule has 1 aromatic carbocycles. The van der Waals surface area contributed by atoms with Crippen LogP contribution in [0.2, 0.25) is 0 Å². The van der Waals surface area contributed by atoms with Gasteiger partial charge >= 0.3 is 0 Å². The lowest BCUT2D eigenvalue weighted by Gasteiger charge is -2.22. The molecule has 1 aliphatic rings. The molecule has 0 unspecified atom stereocenters. The molecule has 1 fully saturated rings. The molecule has 0 spiro atoms. The van der Waals surface area contributed by atoms with E-state index in [1.165, 1.54) is 32.1 Å². The van der Waals surface area contributed by atoms with Gasteiger partial charge in [0.25, 0.3) is 5.91 Å². The maximum atomic E-state index is 12.1. The van der Waals surface area contributed by atoms with E-state index in [9.17, 15) is 4.79 Å². The van der Waals surface area contributed by atoms with Gasteiger partial charge in [-0.2, -0.15) is 0 Å². The van der Waals surface area contributed by atoms with Crippen molar-refractivity contribution >= 4 is 11.6 Å². The number of ether oxygens (including phenoxy) is 1. The lowest BCUT2D eigenvalue weighted by molar-refractivity contribution is 0.0299. The van der Waals surface area contributed by atoms with Gasteiger partial charge in [0.05, 0.1) is 12.7 Å². The number of anilines is 1. The van der Waals surface area contributed by atoms with Crippen molar-refractivity contribution < 1.29 is 9.53 Å². The Morgan fingerprint density at radius 3 is 2.71 bits per heavy atom. The second-order valence-electron chi connectivity index (χ2n) is 5.67. The first-order valence-corrected chi connectivity index (χ1v) is 7.89. The van der Waals surface area contributed by atoms with Crippen LogP contribution >= 0.6 is 0 Å². The highest BCUT2D eigenvalue weighted by Crippen LogP contribution is 2.20. The van der Waals surface area contributed by atoms with Crippen LogP contribution in [0.1, 0.15) is 48.0 Å². The average molecular weight is 290 g/mol. The molecule has 21 heavy (non-hydrogen) atoms. The molecule has 2 N–H and O–H groups in total. The van der Waals surface area contributed by atoms with Gasteiger partial charge in [-0.3, -0.25) is 4.79 Å². The molecule has 0 aromatic heterocycles. The van der Waals surface area contributed by atoms with Crippen molar-refractivity contribution in [1.29, 1.82) is 0 Å². The van der Waals surface area contributed by atoms with Gasteiger partial charge in [0.15, 0.2) is 0 Å². The van der Waals surface area contributed by atoms with Crippen LogP contribution in [0.5, 0.6) is 0 Å². The summed E-state index contributed by atoms with van der Waals surface area (Å²) in [4.78, 5) is 12.1. The molecule has 0 heterocycles. The van der Waals surface area contributed by atoms with Crippen LogP contribution in [0.25, 0.3) is 0 Å². The van der Waals surface area contributed by atoms with Crippen molar-refractivity contribution in [3.05, 3.63) is 29.3 Å². The molecule has 1 saturated carbocycles. The predicted molar refractivity (Wildman–Crippen MR) is 85.9 cm³/mol. The molecule has 1 amide bonds. The highest BCUT2D eigenvalue weighted by Gasteiger charge is 2.13. The number of hydrogen-bond acceptors (Lipinski definition) is 3. The van der Waals surface area contributed by atoms with Gasteiger partial charge in [-0.25, -0.2) is 0 Å². The van der Waals surface area contributed by atoms with Gasteiger partial charge in [-0.05, 0) is 43.5 Å². The summed E-state index contributed by atoms with van der Waals surface area (Å²) in [6.07, 6.45) is 6.60. The predicted octanol–water partition coefficient (Wildman–Crippen LogP) is 3.12. The molecule has 0 atom stereocenters. The second-order valence-corrected chi connectivity index (χ2v) is 5.67. The van der Waals surface area contributed by atoms with Gasteiger partial charge in [0.1, 0.15) is 0 Å². The van der Waals surface area contributed by atoms with Crippen molar-refractivity contribution in [2.24, 2.45) is 0 Å². The molecule has 1 aliphatic carbocycles. The molecule has 0 bridgehead atoms. The molecular weight excluding hydrogens is 264 g/mol. The maximum Gasteiger partial charge on any atom is 0.251 e. The number of amides is 1. The number of nitrogens with one attached hydrogen (secondary N) is 2. The fraction of sp³-hybridized carbons (Fsp3) is 0.588. The van der Waals surface area contributed by atoms with Crippen molar-refractivity contribution in [2.45, 2.75) is 45.1 Å². The minimum absolute atomic E-state index is 0.0343. The summed E-state index contributed by atoms with van der Waals surface area (Å²) >= 11 is 0. The normalized spacial score (nSPS) is 15.7. The Kier molecular flexibility index (Phi) is 6.05. The van der Waals surface area contributed by atoms with E-state index in [1.807, 2.05) is 32.2 Å². The van der Waals surface area contributed by atoms with Crippen molar-refractivity contribution in [3.8, 4) is 0 Å². The number of carbonyl (C=O) groups excluding carboxylic acids is 1. The molecule has 4 heteroatoms. The minimum atomic E-state index is -0.0343. The molecule has 1 aromatic rings. The van der Waals surface area contributed by atoms with Crippen molar-refractivity contribution in [2.75, 3.05) is 25.5 Å². The van der Waals surface area contributed by atoms with Crippen LogP contribution in [0.4, 0.5) is 5.69 Å². The summed E-state index contributed by atoms with van der Waals surface area (Å²) in [7, 11) is 1.88. The van der Waals surface area contributed by atoms with E-state index in [4.69, 9.17) is 4.74 Å². The number of carbonyl (C=O) groups is 1. The van der Waals surface area contributed by atoms with Crippen LogP contribution in [-0.4, -0.2) is 32.2 Å². The van der Waals surface area contributed by atoms with Gasteiger partial charge < -0.3 is 15.4 Å². The summed E-state index contributed by atoms with van der Waals surface area (Å²) < 4.78 is 5.80. The average Bonchev–Trinajstić information content (AvgIpc) is 2.52. The first-order valence-electron chi connectivity index (χ1n) is 7.89. The van der Waals surface area contributed by atoms with Crippen LogP contribution in [-0.2, 0) is 4.74 Å². The Hall–Kier alpha value is -1.55. The molecule has 0 aliphatic heterocycles. The van der Waals surface area contributed by atoms with Gasteiger partial charge in [-0.1, -0.05) is 19.3 Å². The highest BCUT2D eigenvalue weighted by molar-refractivity contribution is 5.94. The Labute approximate surface area is 127 Å². The van der Waals surface area contributed by atoms with Crippen LogP contribution in [0.3, 0.4) is 0 Å². The zero-order valence-electron chi connectivity index (χ0n) is 13.1. The standard InChI is InChI=1S/C17H26N2O2/c1-13-12-14(8-9-16(13)18-2)17(20)19-10-11-21-15-6-4-3-5-7-15/h8-9,12,15,18H,3-7,10-11H2,1-2H3,(H,19,20). The number of rotatable bonds is 6. The SMILES string of the molecule is CNc1ccc(C(=O)NCCOC2CCCCC2)cc1C. The summed E-state index contributed by atoms with van der Waals surface area (Å²) in [5.74, 6) is -0.0343. The molecule has 0 radical (unpaired) electrons. The Morgan fingerprint density at radius 2 is 2.05 bits per heavy atom. The van der Waals surface area contributed by atoms with Gasteiger partial charge in [0.2, 0.25) is 0 Å². The number of hydrogen-bond donors (Lipinski definition) is 2. The molecule has 2 rings (SSSR count). The third kappa shape index (κ3) is 4.74. The fourth-order valence-corrected chi connectivity index (χ4v) is 2.81.